The Kier molecular flexibility index (Phi) is 8.46. The van der Waals surface area contributed by atoms with Gasteiger partial charge in [0.2, 0.25) is 5.91 Å². The third kappa shape index (κ3) is 6.34. The third-order valence-electron chi connectivity index (χ3n) is 5.20. The van der Waals surface area contributed by atoms with Crippen LogP contribution in [0.25, 0.3) is 0 Å². The van der Waals surface area contributed by atoms with Gasteiger partial charge in [0.1, 0.15) is 11.8 Å². The topological polar surface area (TPSA) is 58.6 Å². The summed E-state index contributed by atoms with van der Waals surface area (Å²) in [5, 5.41) is 2.94. The Morgan fingerprint density at radius 1 is 1.03 bits per heavy atom. The van der Waals surface area contributed by atoms with Crippen molar-refractivity contribution >= 4 is 11.8 Å². The van der Waals surface area contributed by atoms with E-state index < -0.39 is 6.04 Å². The molecule has 2 aromatic carbocycles. The van der Waals surface area contributed by atoms with Gasteiger partial charge in [-0.05, 0) is 63.8 Å². The molecule has 2 aromatic rings. The smallest absolute Gasteiger partial charge is 0.261 e. The van der Waals surface area contributed by atoms with Crippen molar-refractivity contribution in [3.8, 4) is 5.75 Å². The highest BCUT2D eigenvalue weighted by Crippen LogP contribution is 2.21. The Morgan fingerprint density at radius 2 is 1.70 bits per heavy atom. The molecule has 0 aromatic heterocycles. The van der Waals surface area contributed by atoms with Gasteiger partial charge in [-0.2, -0.15) is 0 Å². The normalized spacial score (nSPS) is 11.8. The van der Waals surface area contributed by atoms with Gasteiger partial charge in [-0.15, -0.1) is 0 Å². The van der Waals surface area contributed by atoms with Crippen LogP contribution in [0, 0.1) is 20.8 Å². The molecule has 0 heterocycles. The van der Waals surface area contributed by atoms with Crippen LogP contribution in [0.2, 0.25) is 0 Å². The van der Waals surface area contributed by atoms with Gasteiger partial charge < -0.3 is 15.0 Å². The lowest BCUT2D eigenvalue weighted by molar-refractivity contribution is -0.143. The summed E-state index contributed by atoms with van der Waals surface area (Å²) in [5.74, 6) is 0.347. The van der Waals surface area contributed by atoms with Crippen molar-refractivity contribution in [2.45, 2.75) is 66.6 Å². The molecule has 0 aliphatic carbocycles. The average molecular weight is 411 g/mol. The van der Waals surface area contributed by atoms with E-state index in [2.05, 4.69) is 5.32 Å². The number of hydrogen-bond acceptors (Lipinski definition) is 3. The molecule has 0 radical (unpaired) electrons. The lowest BCUT2D eigenvalue weighted by Gasteiger charge is -2.31. The van der Waals surface area contributed by atoms with Crippen molar-refractivity contribution < 1.29 is 14.3 Å². The van der Waals surface area contributed by atoms with E-state index in [1.807, 2.05) is 84.0 Å². The molecule has 0 fully saturated rings. The Balaban J connectivity index is 2.23. The zero-order valence-electron chi connectivity index (χ0n) is 19.0. The first-order chi connectivity index (χ1) is 14.2. The van der Waals surface area contributed by atoms with Crippen LogP contribution in [0.1, 0.15) is 49.4 Å². The van der Waals surface area contributed by atoms with Crippen molar-refractivity contribution in [1.29, 1.82) is 0 Å². The van der Waals surface area contributed by atoms with E-state index >= 15 is 0 Å². The zero-order valence-corrected chi connectivity index (χ0v) is 19.0. The number of nitrogens with one attached hydrogen (secondary N) is 1. The Labute approximate surface area is 180 Å². The molecule has 2 amide bonds. The lowest BCUT2D eigenvalue weighted by atomic mass is 10.1. The molecule has 2 rings (SSSR count). The number of benzene rings is 2. The Hall–Kier alpha value is -2.82. The summed E-state index contributed by atoms with van der Waals surface area (Å²) in [4.78, 5) is 27.6. The minimum atomic E-state index is -0.552. The first kappa shape index (κ1) is 23.5. The fourth-order valence-corrected chi connectivity index (χ4v) is 3.29. The quantitative estimate of drug-likeness (QED) is 0.670. The minimum Gasteiger partial charge on any atom is -0.483 e. The van der Waals surface area contributed by atoms with Crippen molar-refractivity contribution in [1.82, 2.24) is 10.2 Å². The van der Waals surface area contributed by atoms with Crippen LogP contribution >= 0.6 is 0 Å². The van der Waals surface area contributed by atoms with Crippen molar-refractivity contribution in [3.05, 3.63) is 64.7 Å². The second kappa shape index (κ2) is 10.8. The van der Waals surface area contributed by atoms with Crippen molar-refractivity contribution in [2.24, 2.45) is 0 Å². The van der Waals surface area contributed by atoms with Gasteiger partial charge in [-0.3, -0.25) is 9.59 Å². The van der Waals surface area contributed by atoms with Gasteiger partial charge in [-0.25, -0.2) is 0 Å². The summed E-state index contributed by atoms with van der Waals surface area (Å²) in [6.07, 6.45) is 0.527. The van der Waals surface area contributed by atoms with E-state index in [1.165, 1.54) is 0 Å². The summed E-state index contributed by atoms with van der Waals surface area (Å²) in [6, 6.07) is 13.3. The highest BCUT2D eigenvalue weighted by molar-refractivity contribution is 5.88. The van der Waals surface area contributed by atoms with Gasteiger partial charge in [0.15, 0.2) is 6.61 Å². The molecule has 0 aliphatic rings. The Morgan fingerprint density at radius 3 is 2.30 bits per heavy atom. The fourth-order valence-electron chi connectivity index (χ4n) is 3.29. The van der Waals surface area contributed by atoms with Gasteiger partial charge in [0, 0.05) is 12.6 Å². The number of carbonyl (C=O) groups is 2. The zero-order chi connectivity index (χ0) is 22.3. The van der Waals surface area contributed by atoms with Crippen molar-refractivity contribution in [2.75, 3.05) is 6.61 Å². The highest BCUT2D eigenvalue weighted by Gasteiger charge is 2.29. The number of hydrogen-bond donors (Lipinski definition) is 1. The molecule has 5 nitrogen and oxygen atoms in total. The van der Waals surface area contributed by atoms with Gasteiger partial charge >= 0.3 is 0 Å². The molecule has 5 heteroatoms. The monoisotopic (exact) mass is 410 g/mol. The van der Waals surface area contributed by atoms with Crippen LogP contribution < -0.4 is 10.1 Å². The first-order valence-corrected chi connectivity index (χ1v) is 10.6. The van der Waals surface area contributed by atoms with Gasteiger partial charge in [-0.1, -0.05) is 48.9 Å². The second-order valence-corrected chi connectivity index (χ2v) is 8.08. The maximum absolute atomic E-state index is 13.2. The third-order valence-corrected chi connectivity index (χ3v) is 5.20. The minimum absolute atomic E-state index is 0.00840. The van der Waals surface area contributed by atoms with Gasteiger partial charge in [0.25, 0.3) is 5.91 Å². The predicted octanol–water partition coefficient (Wildman–Crippen LogP) is 4.32. The van der Waals surface area contributed by atoms with Crippen LogP contribution in [-0.4, -0.2) is 35.4 Å². The standard InChI is InChI=1S/C25H34N2O3/c1-7-22(25(29)26-17(2)3)27(15-21-13-11-18(4)12-14-21)24(28)16-30-23-10-8-9-19(5)20(23)6/h8-14,17,22H,7,15-16H2,1-6H3,(H,26,29)/t22-/m1/s1. The van der Waals surface area contributed by atoms with E-state index in [0.717, 1.165) is 22.3 Å². The Bertz CT molecular complexity index is 859. The maximum atomic E-state index is 13.2. The lowest BCUT2D eigenvalue weighted by Crippen LogP contribution is -2.51. The molecule has 0 unspecified atom stereocenters. The molecule has 30 heavy (non-hydrogen) atoms. The van der Waals surface area contributed by atoms with Gasteiger partial charge in [0.05, 0.1) is 0 Å². The van der Waals surface area contributed by atoms with Crippen LogP contribution in [0.15, 0.2) is 42.5 Å². The molecular weight excluding hydrogens is 376 g/mol. The molecule has 162 valence electrons. The molecular formula is C25H34N2O3. The van der Waals surface area contributed by atoms with E-state index in [9.17, 15) is 9.59 Å². The number of carbonyl (C=O) groups excluding carboxylic acids is 2. The van der Waals surface area contributed by atoms with E-state index in [0.29, 0.717) is 18.7 Å². The number of aryl methyl sites for hydroxylation is 2. The molecule has 0 spiro atoms. The maximum Gasteiger partial charge on any atom is 0.261 e. The highest BCUT2D eigenvalue weighted by atomic mass is 16.5. The molecule has 0 bridgehead atoms. The SMILES string of the molecule is CC[C@H](C(=O)NC(C)C)N(Cc1ccc(C)cc1)C(=O)COc1cccc(C)c1C. The summed E-state index contributed by atoms with van der Waals surface area (Å²) >= 11 is 0. The van der Waals surface area contributed by atoms with E-state index in [4.69, 9.17) is 4.74 Å². The molecule has 0 aliphatic heterocycles. The molecule has 0 saturated carbocycles. The first-order valence-electron chi connectivity index (χ1n) is 10.6. The number of ether oxygens (including phenoxy) is 1. The second-order valence-electron chi connectivity index (χ2n) is 8.08. The summed E-state index contributed by atoms with van der Waals surface area (Å²) in [6.45, 7) is 12.0. The number of rotatable bonds is 9. The molecule has 0 saturated heterocycles. The van der Waals surface area contributed by atoms with Crippen LogP contribution in [0.3, 0.4) is 0 Å². The van der Waals surface area contributed by atoms with Crippen LogP contribution in [-0.2, 0) is 16.1 Å². The summed E-state index contributed by atoms with van der Waals surface area (Å²) in [5.41, 5.74) is 4.26. The summed E-state index contributed by atoms with van der Waals surface area (Å²) in [7, 11) is 0. The van der Waals surface area contributed by atoms with E-state index in [-0.39, 0.29) is 24.5 Å². The van der Waals surface area contributed by atoms with Crippen molar-refractivity contribution in [3.63, 3.8) is 0 Å². The fraction of sp³-hybridized carbons (Fsp3) is 0.440. The predicted molar refractivity (Wildman–Crippen MR) is 120 cm³/mol. The van der Waals surface area contributed by atoms with E-state index in [1.54, 1.807) is 4.90 Å². The number of nitrogens with zero attached hydrogens (tertiary/aromatic N) is 1. The van der Waals surface area contributed by atoms with Crippen LogP contribution in [0.5, 0.6) is 5.75 Å². The number of amides is 2. The molecule has 1 atom stereocenters. The average Bonchev–Trinajstić information content (AvgIpc) is 2.69. The summed E-state index contributed by atoms with van der Waals surface area (Å²) < 4.78 is 5.85. The molecule has 1 N–H and O–H groups in total. The van der Waals surface area contributed by atoms with Crippen LogP contribution in [0.4, 0.5) is 0 Å². The largest absolute Gasteiger partial charge is 0.483 e.